The third-order valence-corrected chi connectivity index (χ3v) is 5.33. The van der Waals surface area contributed by atoms with Gasteiger partial charge >= 0.3 is 0 Å². The lowest BCUT2D eigenvalue weighted by molar-refractivity contribution is -0.121. The van der Waals surface area contributed by atoms with Gasteiger partial charge in [0, 0.05) is 37.7 Å². The van der Waals surface area contributed by atoms with Gasteiger partial charge in [-0.2, -0.15) is 5.10 Å². The van der Waals surface area contributed by atoms with Crippen molar-refractivity contribution in [3.8, 4) is 22.9 Å². The van der Waals surface area contributed by atoms with Gasteiger partial charge in [0.2, 0.25) is 11.8 Å². The SMILES string of the molecule is Cn1nc(-c2ccccc2)c(CCC(=O)NC[C@@H]2CCCO2)c1Oc1ccccc1F. The third-order valence-electron chi connectivity index (χ3n) is 5.33. The summed E-state index contributed by atoms with van der Waals surface area (Å²) in [6, 6.07) is 15.9. The molecule has 0 bridgehead atoms. The Kier molecular flexibility index (Phi) is 6.62. The van der Waals surface area contributed by atoms with Crippen LogP contribution in [0.3, 0.4) is 0 Å². The molecule has 4 rings (SSSR count). The van der Waals surface area contributed by atoms with Gasteiger partial charge in [0.15, 0.2) is 11.6 Å². The number of nitrogens with zero attached hydrogens (tertiary/aromatic N) is 2. The zero-order chi connectivity index (χ0) is 21.6. The number of hydrogen-bond acceptors (Lipinski definition) is 4. The highest BCUT2D eigenvalue weighted by Gasteiger charge is 2.22. The number of hydrogen-bond donors (Lipinski definition) is 1. The number of nitrogens with one attached hydrogen (secondary N) is 1. The molecule has 0 saturated carbocycles. The van der Waals surface area contributed by atoms with Crippen molar-refractivity contribution in [2.45, 2.75) is 31.8 Å². The van der Waals surface area contributed by atoms with E-state index in [4.69, 9.17) is 9.47 Å². The molecule has 162 valence electrons. The van der Waals surface area contributed by atoms with E-state index in [9.17, 15) is 9.18 Å². The fraction of sp³-hybridized carbons (Fsp3) is 0.333. The van der Waals surface area contributed by atoms with Gasteiger partial charge in [-0.05, 0) is 31.4 Å². The Morgan fingerprint density at radius 1 is 1.23 bits per heavy atom. The van der Waals surface area contributed by atoms with Crippen LogP contribution >= 0.6 is 0 Å². The van der Waals surface area contributed by atoms with E-state index in [-0.39, 0.29) is 24.2 Å². The van der Waals surface area contributed by atoms with E-state index < -0.39 is 5.82 Å². The highest BCUT2D eigenvalue weighted by Crippen LogP contribution is 2.34. The Morgan fingerprint density at radius 2 is 2.00 bits per heavy atom. The summed E-state index contributed by atoms with van der Waals surface area (Å²) in [4.78, 5) is 12.5. The molecule has 1 N–H and O–H groups in total. The van der Waals surface area contributed by atoms with Gasteiger partial charge in [0.25, 0.3) is 0 Å². The molecule has 0 radical (unpaired) electrons. The number of benzene rings is 2. The maximum atomic E-state index is 14.2. The second-order valence-corrected chi connectivity index (χ2v) is 7.59. The zero-order valence-electron chi connectivity index (χ0n) is 17.5. The largest absolute Gasteiger partial charge is 0.436 e. The van der Waals surface area contributed by atoms with Crippen molar-refractivity contribution in [2.24, 2.45) is 7.05 Å². The van der Waals surface area contributed by atoms with Gasteiger partial charge in [-0.1, -0.05) is 42.5 Å². The van der Waals surface area contributed by atoms with Crippen molar-refractivity contribution in [3.63, 3.8) is 0 Å². The van der Waals surface area contributed by atoms with Crippen molar-refractivity contribution in [1.29, 1.82) is 0 Å². The Morgan fingerprint density at radius 3 is 2.74 bits per heavy atom. The number of carbonyl (C=O) groups is 1. The second kappa shape index (κ2) is 9.75. The molecule has 1 fully saturated rings. The van der Waals surface area contributed by atoms with Crippen LogP contribution in [0.5, 0.6) is 11.6 Å². The van der Waals surface area contributed by atoms with E-state index in [0.717, 1.165) is 36.3 Å². The molecule has 7 heteroatoms. The first-order valence-corrected chi connectivity index (χ1v) is 10.5. The van der Waals surface area contributed by atoms with Crippen LogP contribution in [-0.4, -0.2) is 34.9 Å². The number of ether oxygens (including phenoxy) is 2. The number of para-hydroxylation sites is 1. The number of carbonyl (C=O) groups excluding carboxylic acids is 1. The Balaban J connectivity index is 1.55. The summed E-state index contributed by atoms with van der Waals surface area (Å²) in [5.74, 6) is 0.0329. The fourth-order valence-electron chi connectivity index (χ4n) is 3.72. The van der Waals surface area contributed by atoms with Crippen LogP contribution in [0.15, 0.2) is 54.6 Å². The van der Waals surface area contributed by atoms with Crippen LogP contribution < -0.4 is 10.1 Å². The van der Waals surface area contributed by atoms with Gasteiger partial charge in [0.05, 0.1) is 11.8 Å². The number of aryl methyl sites for hydroxylation is 1. The van der Waals surface area contributed by atoms with Crippen LogP contribution in [0.1, 0.15) is 24.8 Å². The monoisotopic (exact) mass is 423 g/mol. The van der Waals surface area contributed by atoms with Gasteiger partial charge in [-0.25, -0.2) is 9.07 Å². The Labute approximate surface area is 181 Å². The summed E-state index contributed by atoms with van der Waals surface area (Å²) in [6.45, 7) is 1.28. The molecule has 2 heterocycles. The summed E-state index contributed by atoms with van der Waals surface area (Å²) in [5, 5.41) is 7.56. The molecule has 1 aliphatic heterocycles. The van der Waals surface area contributed by atoms with E-state index in [1.54, 1.807) is 29.9 Å². The van der Waals surface area contributed by atoms with Crippen molar-refractivity contribution in [2.75, 3.05) is 13.2 Å². The van der Waals surface area contributed by atoms with Gasteiger partial charge in [-0.3, -0.25) is 4.79 Å². The molecule has 1 amide bonds. The van der Waals surface area contributed by atoms with Crippen LogP contribution in [0, 0.1) is 5.82 Å². The van der Waals surface area contributed by atoms with Crippen LogP contribution in [0.4, 0.5) is 4.39 Å². The standard InChI is InChI=1S/C24H26FN3O3/c1-28-24(31-21-12-6-5-11-20(21)25)19(23(27-28)17-8-3-2-4-9-17)13-14-22(29)26-16-18-10-7-15-30-18/h2-6,8-9,11-12,18H,7,10,13-16H2,1H3,(H,26,29)/t18-/m0/s1. The summed E-state index contributed by atoms with van der Waals surface area (Å²) in [5.41, 5.74) is 2.40. The number of rotatable bonds is 8. The molecule has 3 aromatic rings. The molecule has 1 aliphatic rings. The minimum Gasteiger partial charge on any atom is -0.436 e. The molecule has 1 saturated heterocycles. The molecular weight excluding hydrogens is 397 g/mol. The van der Waals surface area contributed by atoms with E-state index in [1.807, 2.05) is 30.3 Å². The van der Waals surface area contributed by atoms with E-state index in [2.05, 4.69) is 10.4 Å². The van der Waals surface area contributed by atoms with Crippen LogP contribution in [0.2, 0.25) is 0 Å². The third kappa shape index (κ3) is 5.11. The minimum absolute atomic E-state index is 0.0600. The van der Waals surface area contributed by atoms with Crippen molar-refractivity contribution < 1.29 is 18.7 Å². The molecule has 0 unspecified atom stereocenters. The zero-order valence-corrected chi connectivity index (χ0v) is 17.5. The maximum Gasteiger partial charge on any atom is 0.221 e. The molecule has 1 aromatic heterocycles. The normalized spacial score (nSPS) is 15.7. The smallest absolute Gasteiger partial charge is 0.221 e. The summed E-state index contributed by atoms with van der Waals surface area (Å²) in [6.07, 6.45) is 2.79. The van der Waals surface area contributed by atoms with Crippen LogP contribution in [0.25, 0.3) is 11.3 Å². The predicted molar refractivity (Wildman–Crippen MR) is 115 cm³/mol. The Bertz CT molecular complexity index is 1030. The maximum absolute atomic E-state index is 14.2. The average molecular weight is 423 g/mol. The quantitative estimate of drug-likeness (QED) is 0.588. The van der Waals surface area contributed by atoms with Gasteiger partial charge in [-0.15, -0.1) is 0 Å². The van der Waals surface area contributed by atoms with Gasteiger partial charge in [0.1, 0.15) is 0 Å². The first kappa shape index (κ1) is 21.1. The second-order valence-electron chi connectivity index (χ2n) is 7.59. The molecule has 31 heavy (non-hydrogen) atoms. The van der Waals surface area contributed by atoms with E-state index in [0.29, 0.717) is 18.8 Å². The lowest BCUT2D eigenvalue weighted by Crippen LogP contribution is -2.31. The van der Waals surface area contributed by atoms with Crippen LogP contribution in [-0.2, 0) is 23.0 Å². The van der Waals surface area contributed by atoms with Crippen molar-refractivity contribution in [3.05, 3.63) is 66.0 Å². The molecule has 6 nitrogen and oxygen atoms in total. The molecule has 2 aromatic carbocycles. The van der Waals surface area contributed by atoms with E-state index in [1.165, 1.54) is 6.07 Å². The number of amides is 1. The highest BCUT2D eigenvalue weighted by atomic mass is 19.1. The first-order valence-electron chi connectivity index (χ1n) is 10.5. The number of halogens is 1. The lowest BCUT2D eigenvalue weighted by Gasteiger charge is -2.12. The summed E-state index contributed by atoms with van der Waals surface area (Å²) in [7, 11) is 1.75. The summed E-state index contributed by atoms with van der Waals surface area (Å²) < 4.78 is 27.3. The lowest BCUT2D eigenvalue weighted by atomic mass is 10.0. The average Bonchev–Trinajstić information content (AvgIpc) is 3.41. The molecule has 0 aliphatic carbocycles. The summed E-state index contributed by atoms with van der Waals surface area (Å²) >= 11 is 0. The van der Waals surface area contributed by atoms with Crippen molar-refractivity contribution >= 4 is 5.91 Å². The topological polar surface area (TPSA) is 65.4 Å². The molecule has 1 atom stereocenters. The number of aromatic nitrogens is 2. The van der Waals surface area contributed by atoms with Crippen molar-refractivity contribution in [1.82, 2.24) is 15.1 Å². The highest BCUT2D eigenvalue weighted by molar-refractivity contribution is 5.77. The fourth-order valence-corrected chi connectivity index (χ4v) is 3.72. The predicted octanol–water partition coefficient (Wildman–Crippen LogP) is 4.25. The Hall–Kier alpha value is -3.19. The molecule has 0 spiro atoms. The molecular formula is C24H26FN3O3. The minimum atomic E-state index is -0.454. The van der Waals surface area contributed by atoms with E-state index >= 15 is 0 Å². The first-order chi connectivity index (χ1) is 15.1. The van der Waals surface area contributed by atoms with Gasteiger partial charge < -0.3 is 14.8 Å².